The topological polar surface area (TPSA) is 17.0 Å². The molecule has 2 nitrogen and oxygen atoms in total. The number of nitrogens with zero attached hydrogens (tertiary/aromatic N) is 1. The first kappa shape index (κ1) is 14.6. The number of para-hydroxylation sites is 1. The van der Waals surface area contributed by atoms with Crippen LogP contribution in [0.25, 0.3) is 10.9 Å². The number of halogens is 2. The van der Waals surface area contributed by atoms with Gasteiger partial charge in [0.2, 0.25) is 0 Å². The van der Waals surface area contributed by atoms with Crippen molar-refractivity contribution >= 4 is 38.4 Å². The van der Waals surface area contributed by atoms with E-state index >= 15 is 0 Å². The van der Waals surface area contributed by atoms with Crippen molar-refractivity contribution in [3.8, 4) is 0 Å². The standard InChI is InChI=1S/C17H16BrClN2/c1-20-9-13-11-21(17-5-3-2-4-15(13)17)10-12-6-7-14(18)8-16(12)19/h2-8,11,20H,9-10H2,1H3. The monoisotopic (exact) mass is 362 g/mol. The predicted octanol–water partition coefficient (Wildman–Crippen LogP) is 4.82. The van der Waals surface area contributed by atoms with Gasteiger partial charge in [0, 0.05) is 39.7 Å². The zero-order valence-corrected chi connectivity index (χ0v) is 14.1. The van der Waals surface area contributed by atoms with Gasteiger partial charge in [-0.05, 0) is 36.4 Å². The molecule has 0 spiro atoms. The van der Waals surface area contributed by atoms with E-state index in [0.717, 1.165) is 28.1 Å². The molecule has 108 valence electrons. The number of fused-ring (bicyclic) bond motifs is 1. The van der Waals surface area contributed by atoms with Crippen LogP contribution in [0.15, 0.2) is 53.1 Å². The summed E-state index contributed by atoms with van der Waals surface area (Å²) in [5.41, 5.74) is 3.67. The molecule has 0 bridgehead atoms. The van der Waals surface area contributed by atoms with Gasteiger partial charge in [-0.25, -0.2) is 0 Å². The smallest absolute Gasteiger partial charge is 0.0491 e. The van der Waals surface area contributed by atoms with Crippen molar-refractivity contribution in [2.75, 3.05) is 7.05 Å². The minimum Gasteiger partial charge on any atom is -0.343 e. The van der Waals surface area contributed by atoms with E-state index < -0.39 is 0 Å². The van der Waals surface area contributed by atoms with E-state index in [2.05, 4.69) is 62.3 Å². The van der Waals surface area contributed by atoms with Crippen LogP contribution in [0.3, 0.4) is 0 Å². The predicted molar refractivity (Wildman–Crippen MR) is 93.0 cm³/mol. The van der Waals surface area contributed by atoms with Gasteiger partial charge in [0.05, 0.1) is 0 Å². The highest BCUT2D eigenvalue weighted by Gasteiger charge is 2.09. The van der Waals surface area contributed by atoms with E-state index in [1.807, 2.05) is 19.2 Å². The maximum absolute atomic E-state index is 6.34. The molecule has 0 saturated heterocycles. The Labute approximate surface area is 137 Å². The van der Waals surface area contributed by atoms with Gasteiger partial charge < -0.3 is 9.88 Å². The van der Waals surface area contributed by atoms with Crippen LogP contribution in [0.4, 0.5) is 0 Å². The summed E-state index contributed by atoms with van der Waals surface area (Å²) in [7, 11) is 1.97. The number of hydrogen-bond donors (Lipinski definition) is 1. The Balaban J connectivity index is 2.04. The lowest BCUT2D eigenvalue weighted by Gasteiger charge is -2.08. The first-order valence-electron chi connectivity index (χ1n) is 6.84. The third kappa shape index (κ3) is 3.00. The Morgan fingerprint density at radius 1 is 1.14 bits per heavy atom. The third-order valence-electron chi connectivity index (χ3n) is 3.59. The van der Waals surface area contributed by atoms with E-state index in [1.54, 1.807) is 0 Å². The minimum absolute atomic E-state index is 0.774. The summed E-state index contributed by atoms with van der Waals surface area (Å²) in [6.45, 7) is 1.64. The van der Waals surface area contributed by atoms with Gasteiger partial charge in [0.1, 0.15) is 0 Å². The van der Waals surface area contributed by atoms with Gasteiger partial charge in [-0.15, -0.1) is 0 Å². The van der Waals surface area contributed by atoms with Crippen molar-refractivity contribution in [1.82, 2.24) is 9.88 Å². The molecule has 0 aliphatic heterocycles. The number of benzene rings is 2. The van der Waals surface area contributed by atoms with Gasteiger partial charge in [0.15, 0.2) is 0 Å². The first-order valence-corrected chi connectivity index (χ1v) is 8.01. The van der Waals surface area contributed by atoms with Crippen LogP contribution in [0, 0.1) is 0 Å². The average molecular weight is 364 g/mol. The molecule has 4 heteroatoms. The quantitative estimate of drug-likeness (QED) is 0.703. The molecule has 1 heterocycles. The van der Waals surface area contributed by atoms with Crippen molar-refractivity contribution in [2.24, 2.45) is 0 Å². The summed E-state index contributed by atoms with van der Waals surface area (Å²) in [4.78, 5) is 0. The van der Waals surface area contributed by atoms with Crippen molar-refractivity contribution in [3.63, 3.8) is 0 Å². The molecule has 0 radical (unpaired) electrons. The van der Waals surface area contributed by atoms with E-state index in [-0.39, 0.29) is 0 Å². The maximum Gasteiger partial charge on any atom is 0.0491 e. The zero-order chi connectivity index (χ0) is 14.8. The second-order valence-electron chi connectivity index (χ2n) is 5.07. The Kier molecular flexibility index (Phi) is 4.34. The molecule has 3 aromatic rings. The highest BCUT2D eigenvalue weighted by Crippen LogP contribution is 2.26. The molecule has 1 N–H and O–H groups in total. The second kappa shape index (κ2) is 6.22. The Bertz CT molecular complexity index is 780. The number of nitrogens with one attached hydrogen (secondary N) is 1. The molecule has 0 fully saturated rings. The third-order valence-corrected chi connectivity index (χ3v) is 4.44. The van der Waals surface area contributed by atoms with Crippen LogP contribution in [0.1, 0.15) is 11.1 Å². The molecular formula is C17H16BrClN2. The number of hydrogen-bond acceptors (Lipinski definition) is 1. The van der Waals surface area contributed by atoms with Crippen LogP contribution < -0.4 is 5.32 Å². The number of rotatable bonds is 4. The van der Waals surface area contributed by atoms with Crippen LogP contribution in [-0.4, -0.2) is 11.6 Å². The normalized spacial score (nSPS) is 11.2. The summed E-state index contributed by atoms with van der Waals surface area (Å²) >= 11 is 9.79. The van der Waals surface area contributed by atoms with Gasteiger partial charge in [-0.3, -0.25) is 0 Å². The largest absolute Gasteiger partial charge is 0.343 e. The van der Waals surface area contributed by atoms with Crippen molar-refractivity contribution in [2.45, 2.75) is 13.1 Å². The van der Waals surface area contributed by atoms with Crippen LogP contribution in [0.2, 0.25) is 5.02 Å². The first-order chi connectivity index (χ1) is 10.2. The summed E-state index contributed by atoms with van der Waals surface area (Å²) in [6.07, 6.45) is 2.21. The number of aromatic nitrogens is 1. The lowest BCUT2D eigenvalue weighted by molar-refractivity contribution is 0.795. The second-order valence-corrected chi connectivity index (χ2v) is 6.39. The Morgan fingerprint density at radius 3 is 2.71 bits per heavy atom. The summed E-state index contributed by atoms with van der Waals surface area (Å²) in [5, 5.41) is 5.31. The van der Waals surface area contributed by atoms with E-state index in [4.69, 9.17) is 11.6 Å². The summed E-state index contributed by atoms with van der Waals surface area (Å²) in [6, 6.07) is 14.5. The molecule has 21 heavy (non-hydrogen) atoms. The molecule has 2 aromatic carbocycles. The highest BCUT2D eigenvalue weighted by atomic mass is 79.9. The summed E-state index contributed by atoms with van der Waals surface area (Å²) < 4.78 is 3.27. The van der Waals surface area contributed by atoms with Crippen LogP contribution in [-0.2, 0) is 13.1 Å². The molecule has 0 aliphatic carbocycles. The fourth-order valence-electron chi connectivity index (χ4n) is 2.62. The molecular weight excluding hydrogens is 348 g/mol. The van der Waals surface area contributed by atoms with Gasteiger partial charge >= 0.3 is 0 Å². The minimum atomic E-state index is 0.774. The zero-order valence-electron chi connectivity index (χ0n) is 11.7. The van der Waals surface area contributed by atoms with E-state index in [1.165, 1.54) is 16.5 Å². The lowest BCUT2D eigenvalue weighted by Crippen LogP contribution is -2.04. The molecule has 1 aromatic heterocycles. The molecule has 0 saturated carbocycles. The summed E-state index contributed by atoms with van der Waals surface area (Å²) in [5.74, 6) is 0. The Hall–Kier alpha value is -1.29. The molecule has 0 amide bonds. The molecule has 0 atom stereocenters. The maximum atomic E-state index is 6.34. The van der Waals surface area contributed by atoms with Crippen LogP contribution >= 0.6 is 27.5 Å². The highest BCUT2D eigenvalue weighted by molar-refractivity contribution is 9.10. The lowest BCUT2D eigenvalue weighted by atomic mass is 10.2. The van der Waals surface area contributed by atoms with Gasteiger partial charge in [-0.2, -0.15) is 0 Å². The van der Waals surface area contributed by atoms with Gasteiger partial charge in [0.25, 0.3) is 0 Å². The Morgan fingerprint density at radius 2 is 1.95 bits per heavy atom. The molecule has 0 aliphatic rings. The van der Waals surface area contributed by atoms with Crippen molar-refractivity contribution < 1.29 is 0 Å². The van der Waals surface area contributed by atoms with Gasteiger partial charge in [-0.1, -0.05) is 51.8 Å². The molecule has 3 rings (SSSR count). The molecule has 0 unspecified atom stereocenters. The van der Waals surface area contributed by atoms with Crippen molar-refractivity contribution in [1.29, 1.82) is 0 Å². The average Bonchev–Trinajstić information content (AvgIpc) is 2.81. The van der Waals surface area contributed by atoms with Crippen LogP contribution in [0.5, 0.6) is 0 Å². The van der Waals surface area contributed by atoms with E-state index in [0.29, 0.717) is 0 Å². The SMILES string of the molecule is CNCc1cn(Cc2ccc(Br)cc2Cl)c2ccccc12. The van der Waals surface area contributed by atoms with Crippen molar-refractivity contribution in [3.05, 3.63) is 69.3 Å². The fourth-order valence-corrected chi connectivity index (χ4v) is 3.35. The fraction of sp³-hybridized carbons (Fsp3) is 0.176. The van der Waals surface area contributed by atoms with E-state index in [9.17, 15) is 0 Å².